The standard InChI is InChI=1S/C29H25Cl4NO3/c1-15-5-9-24-17(11-15)8-10-25(37-24)26-22(32)12-18(13-23(26)33)36-14-19(29(35)16-6-7-16)28(34)27-20(30)3-2-4-21(27)31/h2-5,9,11-13,16,25H,6-8,10,14,34H2,1H3. The fraction of sp³-hybridized carbons (Fsp3) is 0.276. The number of nitrogens with two attached hydrogens (primary N) is 1. The van der Waals surface area contributed by atoms with Gasteiger partial charge in [0.05, 0.1) is 31.4 Å². The van der Waals surface area contributed by atoms with Crippen molar-refractivity contribution in [3.63, 3.8) is 0 Å². The van der Waals surface area contributed by atoms with Crippen molar-refractivity contribution in [2.75, 3.05) is 6.61 Å². The highest BCUT2D eigenvalue weighted by Gasteiger charge is 2.34. The lowest BCUT2D eigenvalue weighted by atomic mass is 9.96. The number of aryl methyl sites for hydroxylation is 2. The molecule has 3 aromatic rings. The van der Waals surface area contributed by atoms with Gasteiger partial charge in [0, 0.05) is 17.0 Å². The van der Waals surface area contributed by atoms with Crippen LogP contribution in [0, 0.1) is 12.8 Å². The molecular weight excluding hydrogens is 552 g/mol. The Morgan fingerprint density at radius 2 is 1.65 bits per heavy atom. The maximum atomic E-state index is 13.1. The SMILES string of the molecule is Cc1ccc2c(c1)CCC(c1c(Cl)cc(OCC(C(=O)C3CC3)=C(N)c3c(Cl)cccc3Cl)cc1Cl)O2. The molecule has 1 unspecified atom stereocenters. The van der Waals surface area contributed by atoms with Crippen molar-refractivity contribution in [2.24, 2.45) is 11.7 Å². The molecule has 4 nitrogen and oxygen atoms in total. The normalized spacial score (nSPS) is 17.5. The molecule has 3 aromatic carbocycles. The zero-order valence-corrected chi connectivity index (χ0v) is 23.1. The molecule has 192 valence electrons. The van der Waals surface area contributed by atoms with E-state index in [-0.39, 0.29) is 30.1 Å². The van der Waals surface area contributed by atoms with Gasteiger partial charge < -0.3 is 15.2 Å². The highest BCUT2D eigenvalue weighted by atomic mass is 35.5. The molecule has 0 aromatic heterocycles. The van der Waals surface area contributed by atoms with Crippen LogP contribution in [0.1, 0.15) is 47.6 Å². The Morgan fingerprint density at radius 3 is 2.30 bits per heavy atom. The minimum atomic E-state index is -0.269. The summed E-state index contributed by atoms with van der Waals surface area (Å²) in [4.78, 5) is 13.1. The first kappa shape index (κ1) is 26.2. The van der Waals surface area contributed by atoms with Crippen LogP contribution in [0.15, 0.2) is 54.1 Å². The van der Waals surface area contributed by atoms with Gasteiger partial charge in [-0.1, -0.05) is 70.2 Å². The molecule has 2 N–H and O–H groups in total. The first-order valence-electron chi connectivity index (χ1n) is 12.1. The molecule has 1 aliphatic heterocycles. The Balaban J connectivity index is 1.39. The fourth-order valence-corrected chi connectivity index (χ4v) is 5.92. The molecule has 0 saturated heterocycles. The second-order valence-electron chi connectivity index (χ2n) is 9.47. The molecule has 5 rings (SSSR count). The van der Waals surface area contributed by atoms with Gasteiger partial charge in [-0.05, 0) is 68.5 Å². The fourth-order valence-electron chi connectivity index (χ4n) is 4.61. The Labute approximate surface area is 236 Å². The average molecular weight is 577 g/mol. The van der Waals surface area contributed by atoms with Crippen molar-refractivity contribution >= 4 is 57.9 Å². The van der Waals surface area contributed by atoms with Crippen molar-refractivity contribution in [3.8, 4) is 11.5 Å². The van der Waals surface area contributed by atoms with Gasteiger partial charge in [0.25, 0.3) is 0 Å². The maximum absolute atomic E-state index is 13.1. The Kier molecular flexibility index (Phi) is 7.65. The van der Waals surface area contributed by atoms with Gasteiger partial charge in [-0.2, -0.15) is 0 Å². The van der Waals surface area contributed by atoms with E-state index in [0.29, 0.717) is 42.5 Å². The topological polar surface area (TPSA) is 61.5 Å². The zero-order chi connectivity index (χ0) is 26.3. The molecule has 0 amide bonds. The van der Waals surface area contributed by atoms with E-state index in [2.05, 4.69) is 13.0 Å². The van der Waals surface area contributed by atoms with Gasteiger partial charge in [-0.3, -0.25) is 4.79 Å². The third-order valence-corrected chi connectivity index (χ3v) is 7.98. The summed E-state index contributed by atoms with van der Waals surface area (Å²) in [5.74, 6) is 1.14. The molecule has 2 aliphatic rings. The molecule has 1 heterocycles. The maximum Gasteiger partial charge on any atom is 0.167 e. The van der Waals surface area contributed by atoms with Crippen LogP contribution in [-0.4, -0.2) is 12.4 Å². The monoisotopic (exact) mass is 575 g/mol. The van der Waals surface area contributed by atoms with Gasteiger partial charge in [-0.15, -0.1) is 0 Å². The van der Waals surface area contributed by atoms with E-state index in [1.807, 2.05) is 12.1 Å². The second-order valence-corrected chi connectivity index (χ2v) is 11.1. The molecule has 1 saturated carbocycles. The summed E-state index contributed by atoms with van der Waals surface area (Å²) >= 11 is 26.1. The van der Waals surface area contributed by atoms with Crippen molar-refractivity contribution in [1.82, 2.24) is 0 Å². The third kappa shape index (κ3) is 5.58. The van der Waals surface area contributed by atoms with Crippen LogP contribution in [-0.2, 0) is 11.2 Å². The van der Waals surface area contributed by atoms with E-state index in [1.165, 1.54) is 11.1 Å². The minimum Gasteiger partial charge on any atom is -0.489 e. The number of ether oxygens (including phenoxy) is 2. The molecule has 1 aliphatic carbocycles. The van der Waals surface area contributed by atoms with Gasteiger partial charge in [-0.25, -0.2) is 0 Å². The van der Waals surface area contributed by atoms with Gasteiger partial charge in [0.1, 0.15) is 24.2 Å². The van der Waals surface area contributed by atoms with E-state index in [4.69, 9.17) is 61.6 Å². The van der Waals surface area contributed by atoms with Crippen LogP contribution < -0.4 is 15.2 Å². The Morgan fingerprint density at radius 1 is 0.973 bits per heavy atom. The lowest BCUT2D eigenvalue weighted by Crippen LogP contribution is -2.19. The number of halogens is 4. The Bertz CT molecular complexity index is 1370. The lowest BCUT2D eigenvalue weighted by molar-refractivity contribution is -0.116. The van der Waals surface area contributed by atoms with Gasteiger partial charge >= 0.3 is 0 Å². The third-order valence-electron chi connectivity index (χ3n) is 6.72. The van der Waals surface area contributed by atoms with Crippen molar-refractivity contribution in [1.29, 1.82) is 0 Å². The quantitative estimate of drug-likeness (QED) is 0.287. The van der Waals surface area contributed by atoms with Crippen molar-refractivity contribution in [3.05, 3.63) is 96.4 Å². The average Bonchev–Trinajstić information content (AvgIpc) is 3.69. The number of hydrogen-bond acceptors (Lipinski definition) is 4. The highest BCUT2D eigenvalue weighted by molar-refractivity contribution is 6.38. The Hall–Kier alpha value is -2.37. The smallest absolute Gasteiger partial charge is 0.167 e. The number of fused-ring (bicyclic) bond motifs is 1. The number of benzene rings is 3. The molecule has 8 heteroatoms. The summed E-state index contributed by atoms with van der Waals surface area (Å²) in [6.07, 6.45) is 3.00. The largest absolute Gasteiger partial charge is 0.489 e. The summed E-state index contributed by atoms with van der Waals surface area (Å²) < 4.78 is 12.2. The summed E-state index contributed by atoms with van der Waals surface area (Å²) in [5, 5.41) is 1.60. The number of rotatable bonds is 7. The number of Topliss-reactive ketones (excluding diaryl/α,β-unsaturated/α-hetero) is 1. The molecule has 0 radical (unpaired) electrons. The predicted molar refractivity (Wildman–Crippen MR) is 150 cm³/mol. The first-order valence-corrected chi connectivity index (χ1v) is 13.6. The molecule has 0 spiro atoms. The van der Waals surface area contributed by atoms with Crippen molar-refractivity contribution < 1.29 is 14.3 Å². The second kappa shape index (κ2) is 10.8. The number of carbonyl (C=O) groups is 1. The highest BCUT2D eigenvalue weighted by Crippen LogP contribution is 2.43. The van der Waals surface area contributed by atoms with Crippen molar-refractivity contribution in [2.45, 2.75) is 38.7 Å². The van der Waals surface area contributed by atoms with E-state index in [0.717, 1.165) is 31.4 Å². The van der Waals surface area contributed by atoms with Crippen LogP contribution in [0.5, 0.6) is 11.5 Å². The van der Waals surface area contributed by atoms with E-state index < -0.39 is 0 Å². The van der Waals surface area contributed by atoms with E-state index >= 15 is 0 Å². The van der Waals surface area contributed by atoms with Crippen LogP contribution in [0.4, 0.5) is 0 Å². The van der Waals surface area contributed by atoms with Crippen LogP contribution in [0.3, 0.4) is 0 Å². The predicted octanol–water partition coefficient (Wildman–Crippen LogP) is 8.40. The molecule has 0 bridgehead atoms. The van der Waals surface area contributed by atoms with Crippen LogP contribution in [0.2, 0.25) is 20.1 Å². The molecule has 1 atom stereocenters. The number of hydrogen-bond donors (Lipinski definition) is 1. The van der Waals surface area contributed by atoms with E-state index in [9.17, 15) is 4.79 Å². The molecule has 37 heavy (non-hydrogen) atoms. The number of carbonyl (C=O) groups excluding carboxylic acids is 1. The number of ketones is 1. The summed E-state index contributed by atoms with van der Waals surface area (Å²) in [6.45, 7) is 2.00. The lowest BCUT2D eigenvalue weighted by Gasteiger charge is -2.28. The molecular formula is C29H25Cl4NO3. The summed E-state index contributed by atoms with van der Waals surface area (Å²) in [7, 11) is 0. The molecule has 1 fully saturated rings. The van der Waals surface area contributed by atoms with Crippen LogP contribution >= 0.6 is 46.4 Å². The minimum absolute atomic E-state index is 0.0631. The van der Waals surface area contributed by atoms with E-state index in [1.54, 1.807) is 30.3 Å². The first-order chi connectivity index (χ1) is 17.7. The summed E-state index contributed by atoms with van der Waals surface area (Å²) in [6, 6.07) is 14.6. The van der Waals surface area contributed by atoms with Crippen LogP contribution in [0.25, 0.3) is 5.70 Å². The van der Waals surface area contributed by atoms with Gasteiger partial charge in [0.2, 0.25) is 0 Å². The van der Waals surface area contributed by atoms with Gasteiger partial charge in [0.15, 0.2) is 5.78 Å². The zero-order valence-electron chi connectivity index (χ0n) is 20.1. The summed E-state index contributed by atoms with van der Waals surface area (Å²) in [5.41, 5.74) is 10.5.